The minimum Gasteiger partial charge on any atom is -0.493 e. The fraction of sp³-hybridized carbons (Fsp3) is 0.250. The number of hydrogen-bond acceptors (Lipinski definition) is 9. The summed E-state index contributed by atoms with van der Waals surface area (Å²) in [5, 5.41) is -0.444. The molecule has 2 aliphatic rings. The minimum atomic E-state index is -0.637. The average molecular weight is 431 g/mol. The van der Waals surface area contributed by atoms with Crippen LogP contribution in [0, 0.1) is 0 Å². The number of esters is 1. The normalized spacial score (nSPS) is 16.5. The van der Waals surface area contributed by atoms with Gasteiger partial charge in [0.1, 0.15) is 11.5 Å². The number of imide groups is 1. The molecule has 30 heavy (non-hydrogen) atoms. The van der Waals surface area contributed by atoms with Crippen LogP contribution < -0.4 is 14.2 Å². The van der Waals surface area contributed by atoms with Crippen molar-refractivity contribution in [2.45, 2.75) is 13.5 Å². The number of amides is 2. The summed E-state index contributed by atoms with van der Waals surface area (Å²) in [4.78, 5) is 38.0. The molecule has 0 unspecified atom stereocenters. The van der Waals surface area contributed by atoms with Gasteiger partial charge in [0, 0.05) is 11.6 Å². The highest BCUT2D eigenvalue weighted by Gasteiger charge is 2.36. The Morgan fingerprint density at radius 1 is 1.23 bits per heavy atom. The van der Waals surface area contributed by atoms with Gasteiger partial charge in [-0.1, -0.05) is 0 Å². The summed E-state index contributed by atoms with van der Waals surface area (Å²) in [6.07, 6.45) is 1.58. The van der Waals surface area contributed by atoms with Crippen LogP contribution in [0.3, 0.4) is 0 Å². The molecule has 1 aromatic heterocycles. The molecule has 0 aliphatic carbocycles. The third kappa shape index (κ3) is 3.73. The molecular formula is C20H17NO8S. The molecule has 0 bridgehead atoms. The molecule has 2 aliphatic heterocycles. The number of hydrogen-bond donors (Lipinski definition) is 0. The molecule has 0 radical (unpaired) electrons. The van der Waals surface area contributed by atoms with E-state index in [-0.39, 0.29) is 29.8 Å². The van der Waals surface area contributed by atoms with E-state index >= 15 is 0 Å². The summed E-state index contributed by atoms with van der Waals surface area (Å²) >= 11 is 0.811. The first-order valence-corrected chi connectivity index (χ1v) is 9.80. The van der Waals surface area contributed by atoms with Gasteiger partial charge in [0.25, 0.3) is 11.1 Å². The van der Waals surface area contributed by atoms with Crippen LogP contribution in [-0.4, -0.2) is 42.5 Å². The largest absolute Gasteiger partial charge is 0.493 e. The van der Waals surface area contributed by atoms with Crippen LogP contribution in [0.4, 0.5) is 4.79 Å². The maximum atomic E-state index is 12.8. The van der Waals surface area contributed by atoms with Crippen molar-refractivity contribution in [2.75, 3.05) is 20.5 Å². The van der Waals surface area contributed by atoms with Gasteiger partial charge in [0.2, 0.25) is 12.6 Å². The lowest BCUT2D eigenvalue weighted by molar-refractivity contribution is -0.123. The third-order valence-electron chi connectivity index (χ3n) is 4.33. The number of ether oxygens (including phenoxy) is 4. The Morgan fingerprint density at radius 3 is 2.73 bits per heavy atom. The van der Waals surface area contributed by atoms with Gasteiger partial charge in [-0.25, -0.2) is 4.79 Å². The standard InChI is InChI=1S/C20H17NO8S/c1-3-26-14-8-16-15(27-10-28-16)6-11(14)7-17-18(22)21(20(24)30-17)9-12-4-5-13(29-12)19(23)25-2/h4-8H,3,9-10H2,1-2H3/b17-7+. The van der Waals surface area contributed by atoms with Gasteiger partial charge >= 0.3 is 5.97 Å². The molecule has 0 N–H and O–H groups in total. The number of nitrogens with zero attached hydrogens (tertiary/aromatic N) is 1. The van der Waals surface area contributed by atoms with Gasteiger partial charge in [0.15, 0.2) is 11.5 Å². The molecule has 2 amide bonds. The number of fused-ring (bicyclic) bond motifs is 1. The summed E-state index contributed by atoms with van der Waals surface area (Å²) < 4.78 is 26.3. The maximum Gasteiger partial charge on any atom is 0.373 e. The molecule has 0 spiro atoms. The first-order chi connectivity index (χ1) is 14.5. The minimum absolute atomic E-state index is 0.00303. The zero-order valence-corrected chi connectivity index (χ0v) is 16.9. The second kappa shape index (κ2) is 8.15. The monoisotopic (exact) mass is 431 g/mol. The molecule has 1 fully saturated rings. The van der Waals surface area contributed by atoms with Gasteiger partial charge in [0.05, 0.1) is 25.2 Å². The highest BCUT2D eigenvalue weighted by atomic mass is 32.2. The fourth-order valence-electron chi connectivity index (χ4n) is 2.94. The first kappa shape index (κ1) is 19.9. The summed E-state index contributed by atoms with van der Waals surface area (Å²) in [6, 6.07) is 6.34. The van der Waals surface area contributed by atoms with E-state index in [1.54, 1.807) is 18.2 Å². The molecular weight excluding hydrogens is 414 g/mol. The summed E-state index contributed by atoms with van der Waals surface area (Å²) in [5.41, 5.74) is 0.595. The Bertz CT molecular complexity index is 1060. The summed E-state index contributed by atoms with van der Waals surface area (Å²) in [5.74, 6) is 0.788. The zero-order chi connectivity index (χ0) is 21.3. The van der Waals surface area contributed by atoms with Crippen molar-refractivity contribution < 1.29 is 37.7 Å². The van der Waals surface area contributed by atoms with Crippen LogP contribution in [-0.2, 0) is 16.1 Å². The van der Waals surface area contributed by atoms with Gasteiger partial charge in [-0.2, -0.15) is 0 Å². The molecule has 3 heterocycles. The summed E-state index contributed by atoms with van der Waals surface area (Å²) in [6.45, 7) is 2.27. The van der Waals surface area contributed by atoms with E-state index in [1.165, 1.54) is 19.2 Å². The van der Waals surface area contributed by atoms with Gasteiger partial charge in [-0.3, -0.25) is 14.5 Å². The zero-order valence-electron chi connectivity index (χ0n) is 16.1. The van der Waals surface area contributed by atoms with Crippen molar-refractivity contribution in [3.8, 4) is 17.2 Å². The lowest BCUT2D eigenvalue weighted by atomic mass is 10.1. The molecule has 156 valence electrons. The van der Waals surface area contributed by atoms with Crippen LogP contribution in [0.15, 0.2) is 33.6 Å². The number of furan rings is 1. The Labute approximate surface area is 175 Å². The van der Waals surface area contributed by atoms with Crippen LogP contribution in [0.2, 0.25) is 0 Å². The van der Waals surface area contributed by atoms with Crippen LogP contribution in [0.5, 0.6) is 17.2 Å². The van der Waals surface area contributed by atoms with Crippen LogP contribution in [0.25, 0.3) is 6.08 Å². The van der Waals surface area contributed by atoms with Crippen molar-refractivity contribution in [3.05, 3.63) is 46.3 Å². The molecule has 1 saturated heterocycles. The van der Waals surface area contributed by atoms with E-state index in [0.717, 1.165) is 16.7 Å². The second-order valence-corrected chi connectivity index (χ2v) is 7.19. The Kier molecular flexibility index (Phi) is 5.40. The van der Waals surface area contributed by atoms with Crippen molar-refractivity contribution in [1.29, 1.82) is 0 Å². The van der Waals surface area contributed by atoms with Gasteiger partial charge in [-0.15, -0.1) is 0 Å². The quantitative estimate of drug-likeness (QED) is 0.502. The number of carbonyl (C=O) groups excluding carboxylic acids is 3. The number of benzene rings is 1. The van der Waals surface area contributed by atoms with Crippen molar-refractivity contribution >= 4 is 35.0 Å². The van der Waals surface area contributed by atoms with E-state index in [0.29, 0.717) is 29.4 Å². The summed E-state index contributed by atoms with van der Waals surface area (Å²) in [7, 11) is 1.23. The van der Waals surface area contributed by atoms with Crippen molar-refractivity contribution in [2.24, 2.45) is 0 Å². The smallest absolute Gasteiger partial charge is 0.373 e. The Morgan fingerprint density at radius 2 is 2.00 bits per heavy atom. The van der Waals surface area contributed by atoms with Crippen molar-refractivity contribution in [3.63, 3.8) is 0 Å². The molecule has 1 aromatic carbocycles. The van der Waals surface area contributed by atoms with Crippen molar-refractivity contribution in [1.82, 2.24) is 4.90 Å². The number of thioether (sulfide) groups is 1. The highest BCUT2D eigenvalue weighted by Crippen LogP contribution is 2.41. The van der Waals surface area contributed by atoms with Gasteiger partial charge in [-0.05, 0) is 43.0 Å². The topological polar surface area (TPSA) is 105 Å². The van der Waals surface area contributed by atoms with Gasteiger partial charge < -0.3 is 23.4 Å². The van der Waals surface area contributed by atoms with Crippen LogP contribution >= 0.6 is 11.8 Å². The number of rotatable bonds is 6. The Hall–Kier alpha value is -3.40. The van der Waals surface area contributed by atoms with E-state index in [2.05, 4.69) is 4.74 Å². The van der Waals surface area contributed by atoms with Crippen LogP contribution in [0.1, 0.15) is 28.8 Å². The predicted octanol–water partition coefficient (Wildman–Crippen LogP) is 3.43. The SMILES string of the molecule is CCOc1cc2c(cc1/C=C1/SC(=O)N(Cc3ccc(C(=O)OC)o3)C1=O)OCO2. The van der Waals surface area contributed by atoms with E-state index in [9.17, 15) is 14.4 Å². The maximum absolute atomic E-state index is 12.8. The molecule has 2 aromatic rings. The van der Waals surface area contributed by atoms with E-state index in [4.69, 9.17) is 18.6 Å². The second-order valence-electron chi connectivity index (χ2n) is 6.20. The average Bonchev–Trinajstić information content (AvgIpc) is 3.44. The Balaban J connectivity index is 1.57. The molecule has 9 nitrogen and oxygen atoms in total. The lowest BCUT2D eigenvalue weighted by Crippen LogP contribution is -2.27. The number of methoxy groups -OCH3 is 1. The lowest BCUT2D eigenvalue weighted by Gasteiger charge is -2.10. The highest BCUT2D eigenvalue weighted by molar-refractivity contribution is 8.18. The number of carbonyl (C=O) groups is 3. The predicted molar refractivity (Wildman–Crippen MR) is 105 cm³/mol. The van der Waals surface area contributed by atoms with E-state index in [1.807, 2.05) is 6.92 Å². The molecule has 0 saturated carbocycles. The molecule has 4 rings (SSSR count). The van der Waals surface area contributed by atoms with E-state index < -0.39 is 17.1 Å². The molecule has 10 heteroatoms. The first-order valence-electron chi connectivity index (χ1n) is 8.99. The molecule has 0 atom stereocenters. The third-order valence-corrected chi connectivity index (χ3v) is 5.23. The fourth-order valence-corrected chi connectivity index (χ4v) is 3.77.